The summed E-state index contributed by atoms with van der Waals surface area (Å²) >= 11 is 0. The second-order valence-electron chi connectivity index (χ2n) is 7.78. The van der Waals surface area contributed by atoms with Gasteiger partial charge in [-0.05, 0) is 37.1 Å². The van der Waals surface area contributed by atoms with Gasteiger partial charge in [-0.3, -0.25) is 19.1 Å². The minimum Gasteiger partial charge on any atom is -0.447 e. The summed E-state index contributed by atoms with van der Waals surface area (Å²) in [4.78, 5) is 43.8. The molecule has 8 heteroatoms. The average Bonchev–Trinajstić information content (AvgIpc) is 3.52. The predicted molar refractivity (Wildman–Crippen MR) is 116 cm³/mol. The Bertz CT molecular complexity index is 1230. The molecule has 0 bridgehead atoms. The maximum absolute atomic E-state index is 13.0. The van der Waals surface area contributed by atoms with Gasteiger partial charge in [0.25, 0.3) is 5.56 Å². The van der Waals surface area contributed by atoms with Crippen molar-refractivity contribution in [2.24, 2.45) is 0 Å². The van der Waals surface area contributed by atoms with E-state index in [9.17, 15) is 14.4 Å². The maximum Gasteiger partial charge on any atom is 0.414 e. The summed E-state index contributed by atoms with van der Waals surface area (Å²) in [6.07, 6.45) is 2.03. The molecule has 0 radical (unpaired) electrons. The van der Waals surface area contributed by atoms with Gasteiger partial charge >= 0.3 is 6.09 Å². The molecule has 1 saturated carbocycles. The first kappa shape index (κ1) is 19.3. The lowest BCUT2D eigenvalue weighted by Gasteiger charge is -2.18. The Morgan fingerprint density at radius 2 is 1.87 bits per heavy atom. The molecule has 1 saturated heterocycles. The third-order valence-electron chi connectivity index (χ3n) is 5.60. The number of nitrogens with one attached hydrogen (secondary N) is 1. The molecule has 8 nitrogen and oxygen atoms in total. The Labute approximate surface area is 178 Å². The van der Waals surface area contributed by atoms with Gasteiger partial charge in [0.05, 0.1) is 28.8 Å². The lowest BCUT2D eigenvalue weighted by atomic mass is 10.2. The van der Waals surface area contributed by atoms with Gasteiger partial charge in [-0.25, -0.2) is 9.78 Å². The van der Waals surface area contributed by atoms with E-state index >= 15 is 0 Å². The summed E-state index contributed by atoms with van der Waals surface area (Å²) in [5, 5.41) is 3.50. The zero-order valence-electron chi connectivity index (χ0n) is 16.9. The van der Waals surface area contributed by atoms with Crippen molar-refractivity contribution in [2.75, 3.05) is 23.4 Å². The van der Waals surface area contributed by atoms with E-state index in [1.165, 1.54) is 4.90 Å². The SMILES string of the molecule is O=C(CCc1nc2ccccc2c(=O)n1C1CC1)Nc1ccccc1N1CCOC1=O. The zero-order valence-corrected chi connectivity index (χ0v) is 16.9. The van der Waals surface area contributed by atoms with Crippen molar-refractivity contribution < 1.29 is 14.3 Å². The Kier molecular flexibility index (Phi) is 4.89. The monoisotopic (exact) mass is 418 g/mol. The van der Waals surface area contributed by atoms with Crippen LogP contribution in [0.4, 0.5) is 16.2 Å². The Morgan fingerprint density at radius 1 is 1.10 bits per heavy atom. The molecule has 2 aliphatic rings. The highest BCUT2D eigenvalue weighted by atomic mass is 16.6. The molecule has 2 heterocycles. The van der Waals surface area contributed by atoms with E-state index in [1.807, 2.05) is 24.3 Å². The van der Waals surface area contributed by atoms with Crippen molar-refractivity contribution in [1.29, 1.82) is 0 Å². The van der Waals surface area contributed by atoms with Crippen LogP contribution in [0.15, 0.2) is 53.3 Å². The van der Waals surface area contributed by atoms with Crippen molar-refractivity contribution in [3.05, 3.63) is 64.7 Å². The largest absolute Gasteiger partial charge is 0.447 e. The normalized spacial score (nSPS) is 15.9. The van der Waals surface area contributed by atoms with Crippen molar-refractivity contribution in [3.63, 3.8) is 0 Å². The fourth-order valence-corrected chi connectivity index (χ4v) is 3.94. The summed E-state index contributed by atoms with van der Waals surface area (Å²) in [5.41, 5.74) is 1.77. The molecule has 1 aromatic heterocycles. The number of rotatable bonds is 6. The molecule has 0 spiro atoms. The molecule has 3 aromatic rings. The number of hydrogen-bond acceptors (Lipinski definition) is 5. The van der Waals surface area contributed by atoms with E-state index in [0.29, 0.717) is 47.7 Å². The smallest absolute Gasteiger partial charge is 0.414 e. The van der Waals surface area contributed by atoms with Gasteiger partial charge in [0.1, 0.15) is 12.4 Å². The van der Waals surface area contributed by atoms with Crippen LogP contribution in [-0.2, 0) is 16.0 Å². The second-order valence-corrected chi connectivity index (χ2v) is 7.78. The van der Waals surface area contributed by atoms with Gasteiger partial charge in [-0.1, -0.05) is 24.3 Å². The van der Waals surface area contributed by atoms with Crippen LogP contribution in [0, 0.1) is 0 Å². The standard InChI is InChI=1S/C23H22N4O4/c28-21(25-18-7-3-4-8-19(18)26-13-14-31-23(26)30)12-11-20-24-17-6-2-1-5-16(17)22(29)27(20)15-9-10-15/h1-8,15H,9-14H2,(H,25,28). The van der Waals surface area contributed by atoms with Gasteiger partial charge in [0.15, 0.2) is 0 Å². The second kappa shape index (κ2) is 7.86. The first-order valence-electron chi connectivity index (χ1n) is 10.4. The zero-order chi connectivity index (χ0) is 21.4. The number of fused-ring (bicyclic) bond motifs is 1. The fraction of sp³-hybridized carbons (Fsp3) is 0.304. The summed E-state index contributed by atoms with van der Waals surface area (Å²) in [5.74, 6) is 0.433. The number of ether oxygens (including phenoxy) is 1. The van der Waals surface area contributed by atoms with Gasteiger partial charge in [0.2, 0.25) is 5.91 Å². The summed E-state index contributed by atoms with van der Waals surface area (Å²) in [7, 11) is 0. The lowest BCUT2D eigenvalue weighted by Crippen LogP contribution is -2.26. The predicted octanol–water partition coefficient (Wildman–Crippen LogP) is 3.26. The molecule has 1 aliphatic heterocycles. The summed E-state index contributed by atoms with van der Waals surface area (Å²) in [6, 6.07) is 14.6. The number of aryl methyl sites for hydroxylation is 1. The van der Waals surface area contributed by atoms with Gasteiger partial charge in [-0.15, -0.1) is 0 Å². The van der Waals surface area contributed by atoms with Crippen LogP contribution in [-0.4, -0.2) is 34.7 Å². The maximum atomic E-state index is 13.0. The van der Waals surface area contributed by atoms with Crippen LogP contribution in [0.5, 0.6) is 0 Å². The van der Waals surface area contributed by atoms with E-state index in [0.717, 1.165) is 12.8 Å². The van der Waals surface area contributed by atoms with Crippen molar-refractivity contribution in [2.45, 2.75) is 31.7 Å². The number of cyclic esters (lactones) is 1. The highest BCUT2D eigenvalue weighted by molar-refractivity contribution is 5.99. The molecule has 2 fully saturated rings. The van der Waals surface area contributed by atoms with Crippen LogP contribution in [0.25, 0.3) is 10.9 Å². The topological polar surface area (TPSA) is 93.5 Å². The number of aromatic nitrogens is 2. The summed E-state index contributed by atoms with van der Waals surface area (Å²) < 4.78 is 6.76. The van der Waals surface area contributed by atoms with E-state index in [1.54, 1.807) is 28.8 Å². The molecular formula is C23H22N4O4. The van der Waals surface area contributed by atoms with E-state index in [2.05, 4.69) is 10.3 Å². The van der Waals surface area contributed by atoms with Crippen molar-refractivity contribution >= 4 is 34.3 Å². The van der Waals surface area contributed by atoms with E-state index < -0.39 is 6.09 Å². The van der Waals surface area contributed by atoms with Crippen LogP contribution >= 0.6 is 0 Å². The Balaban J connectivity index is 1.35. The Hall–Kier alpha value is -3.68. The lowest BCUT2D eigenvalue weighted by molar-refractivity contribution is -0.116. The molecule has 31 heavy (non-hydrogen) atoms. The number of benzene rings is 2. The van der Waals surface area contributed by atoms with Crippen molar-refractivity contribution in [3.8, 4) is 0 Å². The molecule has 5 rings (SSSR count). The number of nitrogens with zero attached hydrogens (tertiary/aromatic N) is 3. The first-order valence-corrected chi connectivity index (χ1v) is 10.4. The van der Waals surface area contributed by atoms with E-state index in [-0.39, 0.29) is 23.9 Å². The summed E-state index contributed by atoms with van der Waals surface area (Å²) in [6.45, 7) is 0.772. The highest BCUT2D eigenvalue weighted by Crippen LogP contribution is 2.35. The van der Waals surface area contributed by atoms with Crippen LogP contribution < -0.4 is 15.8 Å². The molecule has 0 unspecified atom stereocenters. The number of amides is 2. The molecule has 2 amide bonds. The molecule has 0 atom stereocenters. The number of para-hydroxylation sites is 3. The van der Waals surface area contributed by atoms with Gasteiger partial charge < -0.3 is 10.1 Å². The van der Waals surface area contributed by atoms with Gasteiger partial charge in [0, 0.05) is 18.9 Å². The number of hydrogen-bond donors (Lipinski definition) is 1. The molecule has 1 aliphatic carbocycles. The van der Waals surface area contributed by atoms with Crippen molar-refractivity contribution in [1.82, 2.24) is 9.55 Å². The highest BCUT2D eigenvalue weighted by Gasteiger charge is 2.29. The quantitative estimate of drug-likeness (QED) is 0.663. The Morgan fingerprint density at radius 3 is 2.65 bits per heavy atom. The number of carbonyl (C=O) groups is 2. The molecule has 158 valence electrons. The van der Waals surface area contributed by atoms with Crippen LogP contribution in [0.3, 0.4) is 0 Å². The third-order valence-corrected chi connectivity index (χ3v) is 5.60. The van der Waals surface area contributed by atoms with Crippen LogP contribution in [0.1, 0.15) is 31.1 Å². The molecular weight excluding hydrogens is 396 g/mol. The minimum absolute atomic E-state index is 0.0404. The van der Waals surface area contributed by atoms with Gasteiger partial charge in [-0.2, -0.15) is 0 Å². The fourth-order valence-electron chi connectivity index (χ4n) is 3.94. The van der Waals surface area contributed by atoms with E-state index in [4.69, 9.17) is 4.74 Å². The number of anilines is 2. The molecule has 1 N–H and O–H groups in total. The third kappa shape index (κ3) is 3.76. The average molecular weight is 418 g/mol. The van der Waals surface area contributed by atoms with Crippen LogP contribution in [0.2, 0.25) is 0 Å². The first-order chi connectivity index (χ1) is 15.1. The number of carbonyl (C=O) groups excluding carboxylic acids is 2. The minimum atomic E-state index is -0.421. The molecule has 2 aromatic carbocycles.